The molecular formula is C24H16ClF7N2O2. The Hall–Kier alpha value is -3.34. The molecule has 0 saturated heterocycles. The van der Waals surface area contributed by atoms with E-state index < -0.39 is 41.7 Å². The van der Waals surface area contributed by atoms with Crippen LogP contribution in [0, 0.1) is 5.82 Å². The fraction of sp³-hybridized carbons (Fsp3) is 0.250. The summed E-state index contributed by atoms with van der Waals surface area (Å²) < 4.78 is 98.8. The highest BCUT2D eigenvalue weighted by Gasteiger charge is 2.37. The van der Waals surface area contributed by atoms with Crippen LogP contribution >= 0.6 is 11.6 Å². The number of halogens is 8. The number of fused-ring (bicyclic) bond motifs is 1. The van der Waals surface area contributed by atoms with Crippen molar-refractivity contribution in [3.63, 3.8) is 0 Å². The Balaban J connectivity index is 1.79. The highest BCUT2D eigenvalue weighted by Crippen LogP contribution is 2.38. The van der Waals surface area contributed by atoms with Crippen LogP contribution in [-0.2, 0) is 18.9 Å². The SMILES string of the molecule is O=C1c2c(-c3ccc(F)cc3)cc(Cl)nc2OCCCN1Cc1cc(C(F)(F)F)cc(C(F)(F)F)c1. The number of nitrogens with zero attached hydrogens (tertiary/aromatic N) is 2. The van der Waals surface area contributed by atoms with Crippen molar-refractivity contribution >= 4 is 17.5 Å². The van der Waals surface area contributed by atoms with Gasteiger partial charge in [-0.25, -0.2) is 9.37 Å². The Morgan fingerprint density at radius 3 is 2.14 bits per heavy atom. The maximum Gasteiger partial charge on any atom is 0.416 e. The molecule has 190 valence electrons. The van der Waals surface area contributed by atoms with Crippen LogP contribution in [0.25, 0.3) is 11.1 Å². The summed E-state index contributed by atoms with van der Waals surface area (Å²) in [6, 6.07) is 7.63. The Bertz CT molecular complexity index is 1260. The van der Waals surface area contributed by atoms with Crippen LogP contribution in [-0.4, -0.2) is 28.9 Å². The predicted octanol–water partition coefficient (Wildman–Crippen LogP) is 7.00. The van der Waals surface area contributed by atoms with Gasteiger partial charge >= 0.3 is 12.4 Å². The number of rotatable bonds is 3. The standard InChI is InChI=1S/C24H16ClF7N2O2/c25-19-11-18(14-2-4-17(26)5-3-14)20-21(33-19)36-7-1-6-34(22(20)35)12-13-8-15(23(27,28)29)10-16(9-13)24(30,31)32/h2-5,8-11H,1,6-7,12H2. The van der Waals surface area contributed by atoms with Crippen molar-refractivity contribution in [1.82, 2.24) is 9.88 Å². The molecule has 0 N–H and O–H groups in total. The van der Waals surface area contributed by atoms with Crippen molar-refractivity contribution in [3.05, 3.63) is 81.8 Å². The minimum absolute atomic E-state index is 0.0125. The van der Waals surface area contributed by atoms with Gasteiger partial charge in [0.1, 0.15) is 16.5 Å². The molecule has 2 heterocycles. The van der Waals surface area contributed by atoms with E-state index in [1.54, 1.807) is 0 Å². The van der Waals surface area contributed by atoms with E-state index in [0.717, 1.165) is 17.0 Å². The van der Waals surface area contributed by atoms with Gasteiger partial charge in [0.25, 0.3) is 5.91 Å². The molecule has 0 unspecified atom stereocenters. The molecule has 1 amide bonds. The number of alkyl halides is 6. The fourth-order valence-electron chi connectivity index (χ4n) is 3.83. The lowest BCUT2D eigenvalue weighted by molar-refractivity contribution is -0.143. The third-order valence-electron chi connectivity index (χ3n) is 5.44. The molecule has 0 atom stereocenters. The number of benzene rings is 2. The third kappa shape index (κ3) is 5.56. The molecule has 0 spiro atoms. The zero-order valence-corrected chi connectivity index (χ0v) is 18.9. The second kappa shape index (κ2) is 9.61. The molecule has 1 aliphatic rings. The predicted molar refractivity (Wildman–Crippen MR) is 116 cm³/mol. The molecule has 4 rings (SSSR count). The number of carbonyl (C=O) groups excluding carboxylic acids is 1. The Morgan fingerprint density at radius 2 is 1.56 bits per heavy atom. The summed E-state index contributed by atoms with van der Waals surface area (Å²) in [7, 11) is 0. The summed E-state index contributed by atoms with van der Waals surface area (Å²) in [6.07, 6.45) is -9.81. The van der Waals surface area contributed by atoms with Gasteiger partial charge in [-0.2, -0.15) is 26.3 Å². The van der Waals surface area contributed by atoms with Crippen molar-refractivity contribution < 1.29 is 40.3 Å². The maximum atomic E-state index is 13.6. The lowest BCUT2D eigenvalue weighted by Gasteiger charge is -2.28. The number of carbonyl (C=O) groups is 1. The maximum absolute atomic E-state index is 13.6. The number of pyridine rings is 1. The first kappa shape index (κ1) is 25.7. The number of amides is 1. The second-order valence-corrected chi connectivity index (χ2v) is 8.41. The van der Waals surface area contributed by atoms with Gasteiger partial charge in [0.2, 0.25) is 5.88 Å². The first-order valence-corrected chi connectivity index (χ1v) is 10.9. The van der Waals surface area contributed by atoms with Gasteiger partial charge in [-0.15, -0.1) is 0 Å². The molecule has 12 heteroatoms. The van der Waals surface area contributed by atoms with Gasteiger partial charge in [-0.3, -0.25) is 4.79 Å². The van der Waals surface area contributed by atoms with Gasteiger partial charge in [0.15, 0.2) is 0 Å². The van der Waals surface area contributed by atoms with E-state index in [-0.39, 0.29) is 53.4 Å². The topological polar surface area (TPSA) is 42.4 Å². The number of hydrogen-bond acceptors (Lipinski definition) is 3. The van der Waals surface area contributed by atoms with E-state index in [4.69, 9.17) is 16.3 Å². The quantitative estimate of drug-likeness (QED) is 0.269. The highest BCUT2D eigenvalue weighted by atomic mass is 35.5. The van der Waals surface area contributed by atoms with Gasteiger partial charge in [-0.1, -0.05) is 23.7 Å². The largest absolute Gasteiger partial charge is 0.477 e. The highest BCUT2D eigenvalue weighted by molar-refractivity contribution is 6.30. The Morgan fingerprint density at radius 1 is 0.944 bits per heavy atom. The molecule has 0 bridgehead atoms. The molecule has 0 saturated carbocycles. The number of aromatic nitrogens is 1. The number of ether oxygens (including phenoxy) is 1. The molecule has 3 aromatic rings. The van der Waals surface area contributed by atoms with E-state index in [0.29, 0.717) is 17.7 Å². The van der Waals surface area contributed by atoms with Gasteiger partial charge in [0, 0.05) is 18.7 Å². The zero-order chi connectivity index (χ0) is 26.3. The average Bonchev–Trinajstić information content (AvgIpc) is 2.78. The Kier molecular flexibility index (Phi) is 6.87. The van der Waals surface area contributed by atoms with Crippen LogP contribution in [0.2, 0.25) is 5.15 Å². The van der Waals surface area contributed by atoms with Crippen LogP contribution in [0.5, 0.6) is 5.88 Å². The summed E-state index contributed by atoms with van der Waals surface area (Å²) in [4.78, 5) is 18.7. The monoisotopic (exact) mass is 532 g/mol. The molecule has 0 fully saturated rings. The first-order valence-electron chi connectivity index (χ1n) is 10.5. The third-order valence-corrected chi connectivity index (χ3v) is 5.64. The molecule has 36 heavy (non-hydrogen) atoms. The van der Waals surface area contributed by atoms with Crippen molar-refractivity contribution in [2.45, 2.75) is 25.3 Å². The average molecular weight is 533 g/mol. The summed E-state index contributed by atoms with van der Waals surface area (Å²) in [5.41, 5.74) is -2.78. The fourth-order valence-corrected chi connectivity index (χ4v) is 4.01. The molecule has 0 aliphatic carbocycles. The van der Waals surface area contributed by atoms with E-state index in [9.17, 15) is 35.5 Å². The van der Waals surface area contributed by atoms with Crippen LogP contribution in [0.4, 0.5) is 30.7 Å². The summed E-state index contributed by atoms with van der Waals surface area (Å²) in [5.74, 6) is -1.41. The van der Waals surface area contributed by atoms with Crippen molar-refractivity contribution in [1.29, 1.82) is 0 Å². The smallest absolute Gasteiger partial charge is 0.416 e. The molecule has 4 nitrogen and oxygen atoms in total. The minimum Gasteiger partial charge on any atom is -0.477 e. The molecular weight excluding hydrogens is 517 g/mol. The van der Waals surface area contributed by atoms with Crippen LogP contribution in [0.15, 0.2) is 48.5 Å². The van der Waals surface area contributed by atoms with Crippen molar-refractivity contribution in [2.24, 2.45) is 0 Å². The minimum atomic E-state index is -5.02. The molecule has 1 aliphatic heterocycles. The van der Waals surface area contributed by atoms with E-state index in [1.165, 1.54) is 18.2 Å². The van der Waals surface area contributed by atoms with Crippen molar-refractivity contribution in [3.8, 4) is 17.0 Å². The van der Waals surface area contributed by atoms with Crippen LogP contribution in [0.3, 0.4) is 0 Å². The van der Waals surface area contributed by atoms with Gasteiger partial charge in [0.05, 0.1) is 17.7 Å². The summed E-state index contributed by atoms with van der Waals surface area (Å²) in [6.45, 7) is -0.485. The molecule has 1 aromatic heterocycles. The number of hydrogen-bond donors (Lipinski definition) is 0. The van der Waals surface area contributed by atoms with Crippen molar-refractivity contribution in [2.75, 3.05) is 13.2 Å². The van der Waals surface area contributed by atoms with E-state index >= 15 is 0 Å². The normalized spacial score (nSPS) is 14.7. The Labute approximate surface area is 205 Å². The second-order valence-electron chi connectivity index (χ2n) is 8.02. The molecule has 2 aromatic carbocycles. The summed E-state index contributed by atoms with van der Waals surface area (Å²) >= 11 is 6.09. The summed E-state index contributed by atoms with van der Waals surface area (Å²) in [5, 5.41) is -0.0271. The first-order chi connectivity index (χ1) is 16.8. The lowest BCUT2D eigenvalue weighted by atomic mass is 9.99. The van der Waals surface area contributed by atoms with Gasteiger partial charge < -0.3 is 9.64 Å². The van der Waals surface area contributed by atoms with E-state index in [1.807, 2.05) is 0 Å². The zero-order valence-electron chi connectivity index (χ0n) is 18.2. The van der Waals surface area contributed by atoms with Crippen LogP contribution < -0.4 is 4.74 Å². The van der Waals surface area contributed by atoms with Crippen LogP contribution in [0.1, 0.15) is 33.5 Å². The molecule has 0 radical (unpaired) electrons. The van der Waals surface area contributed by atoms with Gasteiger partial charge in [-0.05, 0) is 53.9 Å². The van der Waals surface area contributed by atoms with E-state index in [2.05, 4.69) is 4.98 Å². The lowest BCUT2D eigenvalue weighted by Crippen LogP contribution is -2.35.